The van der Waals surface area contributed by atoms with Gasteiger partial charge in [0, 0.05) is 6.54 Å². The summed E-state index contributed by atoms with van der Waals surface area (Å²) >= 11 is 0. The summed E-state index contributed by atoms with van der Waals surface area (Å²) in [6, 6.07) is 24.5. The minimum atomic E-state index is 0. The van der Waals surface area contributed by atoms with Crippen molar-refractivity contribution < 1.29 is 14.2 Å². The van der Waals surface area contributed by atoms with Crippen LogP contribution in [0.2, 0.25) is 0 Å². The van der Waals surface area contributed by atoms with Gasteiger partial charge in [-0.2, -0.15) is 0 Å². The van der Waals surface area contributed by atoms with Crippen molar-refractivity contribution in [2.45, 2.75) is 19.6 Å². The highest BCUT2D eigenvalue weighted by Gasteiger charge is 2.04. The SMILES string of the molecule is COc1ccc(CCNCc2ccc(OCc3ccccc3)cc2)cc1OC.Cl. The van der Waals surface area contributed by atoms with E-state index in [0.717, 1.165) is 36.8 Å². The number of hydrogen-bond acceptors (Lipinski definition) is 4. The van der Waals surface area contributed by atoms with Crippen molar-refractivity contribution >= 4 is 12.4 Å². The van der Waals surface area contributed by atoms with E-state index in [1.54, 1.807) is 14.2 Å². The van der Waals surface area contributed by atoms with E-state index in [1.165, 1.54) is 16.7 Å². The Morgan fingerprint density at radius 3 is 2.10 bits per heavy atom. The molecule has 0 heterocycles. The third-order valence-corrected chi connectivity index (χ3v) is 4.54. The first kappa shape index (κ1) is 22.6. The maximum atomic E-state index is 5.83. The lowest BCUT2D eigenvalue weighted by Gasteiger charge is -2.10. The van der Waals surface area contributed by atoms with Gasteiger partial charge < -0.3 is 19.5 Å². The molecule has 0 amide bonds. The summed E-state index contributed by atoms with van der Waals surface area (Å²) in [5, 5.41) is 3.48. The predicted molar refractivity (Wildman–Crippen MR) is 119 cm³/mol. The molecule has 0 aromatic heterocycles. The summed E-state index contributed by atoms with van der Waals surface area (Å²) in [5.74, 6) is 2.41. The fourth-order valence-electron chi connectivity index (χ4n) is 2.95. The minimum absolute atomic E-state index is 0. The highest BCUT2D eigenvalue weighted by molar-refractivity contribution is 5.85. The summed E-state index contributed by atoms with van der Waals surface area (Å²) in [6.07, 6.45) is 0.929. The van der Waals surface area contributed by atoms with E-state index in [4.69, 9.17) is 14.2 Å². The van der Waals surface area contributed by atoms with Crippen LogP contribution in [0.25, 0.3) is 0 Å². The zero-order chi connectivity index (χ0) is 19.6. The van der Waals surface area contributed by atoms with E-state index in [2.05, 4.69) is 35.6 Å². The molecule has 0 atom stereocenters. The van der Waals surface area contributed by atoms with E-state index in [-0.39, 0.29) is 12.4 Å². The van der Waals surface area contributed by atoms with Crippen LogP contribution in [0.5, 0.6) is 17.2 Å². The lowest BCUT2D eigenvalue weighted by molar-refractivity contribution is 0.306. The minimum Gasteiger partial charge on any atom is -0.493 e. The van der Waals surface area contributed by atoms with E-state index in [1.807, 2.05) is 42.5 Å². The molecule has 0 bridgehead atoms. The van der Waals surface area contributed by atoms with Gasteiger partial charge in [-0.15, -0.1) is 12.4 Å². The molecule has 3 rings (SSSR count). The number of rotatable bonds is 10. The molecular weight excluding hydrogens is 386 g/mol. The summed E-state index contributed by atoms with van der Waals surface area (Å²) in [6.45, 7) is 2.30. The van der Waals surface area contributed by atoms with Gasteiger partial charge in [-0.05, 0) is 53.9 Å². The standard InChI is InChI=1S/C24H27NO3.ClH/c1-26-23-13-10-19(16-24(23)27-2)14-15-25-17-20-8-11-22(12-9-20)28-18-21-6-4-3-5-7-21;/h3-13,16,25H,14-15,17-18H2,1-2H3;1H. The van der Waals surface area contributed by atoms with E-state index >= 15 is 0 Å². The topological polar surface area (TPSA) is 39.7 Å². The zero-order valence-electron chi connectivity index (χ0n) is 16.9. The third kappa shape index (κ3) is 7.00. The van der Waals surface area contributed by atoms with Crippen molar-refractivity contribution in [2.75, 3.05) is 20.8 Å². The Labute approximate surface area is 179 Å². The average Bonchev–Trinajstić information content (AvgIpc) is 2.76. The third-order valence-electron chi connectivity index (χ3n) is 4.54. The second-order valence-corrected chi connectivity index (χ2v) is 6.53. The molecule has 0 aliphatic carbocycles. The zero-order valence-corrected chi connectivity index (χ0v) is 17.7. The maximum Gasteiger partial charge on any atom is 0.160 e. The number of ether oxygens (including phenoxy) is 3. The molecule has 4 nitrogen and oxygen atoms in total. The highest BCUT2D eigenvalue weighted by atomic mass is 35.5. The van der Waals surface area contributed by atoms with Gasteiger partial charge >= 0.3 is 0 Å². The quantitative estimate of drug-likeness (QED) is 0.473. The normalized spacial score (nSPS) is 10.1. The van der Waals surface area contributed by atoms with E-state index in [9.17, 15) is 0 Å². The van der Waals surface area contributed by atoms with Gasteiger partial charge in [0.1, 0.15) is 12.4 Å². The first-order chi connectivity index (χ1) is 13.8. The summed E-state index contributed by atoms with van der Waals surface area (Å²) in [5.41, 5.74) is 3.62. The van der Waals surface area contributed by atoms with Crippen LogP contribution >= 0.6 is 12.4 Å². The second kappa shape index (κ2) is 12.0. The Morgan fingerprint density at radius 2 is 1.41 bits per heavy atom. The molecular formula is C24H28ClNO3. The highest BCUT2D eigenvalue weighted by Crippen LogP contribution is 2.27. The van der Waals surface area contributed by atoms with Crippen molar-refractivity contribution in [3.8, 4) is 17.2 Å². The van der Waals surface area contributed by atoms with Gasteiger partial charge in [0.2, 0.25) is 0 Å². The fourth-order valence-corrected chi connectivity index (χ4v) is 2.95. The van der Waals surface area contributed by atoms with Crippen molar-refractivity contribution in [1.82, 2.24) is 5.32 Å². The van der Waals surface area contributed by atoms with Gasteiger partial charge in [-0.3, -0.25) is 0 Å². The molecule has 0 radical (unpaired) electrons. The van der Waals surface area contributed by atoms with Gasteiger partial charge in [-0.1, -0.05) is 48.5 Å². The average molecular weight is 414 g/mol. The molecule has 0 aliphatic heterocycles. The summed E-state index contributed by atoms with van der Waals surface area (Å²) < 4.78 is 16.5. The van der Waals surface area contributed by atoms with Crippen LogP contribution < -0.4 is 19.5 Å². The molecule has 154 valence electrons. The van der Waals surface area contributed by atoms with Crippen LogP contribution in [0.15, 0.2) is 72.8 Å². The molecule has 1 N–H and O–H groups in total. The Morgan fingerprint density at radius 1 is 0.724 bits per heavy atom. The Bertz CT molecular complexity index is 854. The smallest absolute Gasteiger partial charge is 0.160 e. The van der Waals surface area contributed by atoms with Crippen LogP contribution in [0, 0.1) is 0 Å². The fraction of sp³-hybridized carbons (Fsp3) is 0.250. The molecule has 29 heavy (non-hydrogen) atoms. The second-order valence-electron chi connectivity index (χ2n) is 6.53. The molecule has 0 saturated heterocycles. The summed E-state index contributed by atoms with van der Waals surface area (Å²) in [7, 11) is 3.31. The monoisotopic (exact) mass is 413 g/mol. The van der Waals surface area contributed by atoms with Crippen molar-refractivity contribution in [1.29, 1.82) is 0 Å². The lowest BCUT2D eigenvalue weighted by Crippen LogP contribution is -2.16. The maximum absolute atomic E-state index is 5.83. The lowest BCUT2D eigenvalue weighted by atomic mass is 10.1. The molecule has 0 spiro atoms. The first-order valence-electron chi connectivity index (χ1n) is 9.46. The van der Waals surface area contributed by atoms with Crippen molar-refractivity contribution in [3.05, 3.63) is 89.5 Å². The Kier molecular flexibility index (Phi) is 9.35. The molecule has 0 saturated carbocycles. The predicted octanol–water partition coefficient (Wildman–Crippen LogP) is 5.04. The van der Waals surface area contributed by atoms with Crippen LogP contribution in [0.1, 0.15) is 16.7 Å². The summed E-state index contributed by atoms with van der Waals surface area (Å²) in [4.78, 5) is 0. The Balaban J connectivity index is 0.00000300. The van der Waals surface area contributed by atoms with Crippen LogP contribution in [-0.2, 0) is 19.6 Å². The van der Waals surface area contributed by atoms with Crippen molar-refractivity contribution in [3.63, 3.8) is 0 Å². The molecule has 3 aromatic carbocycles. The number of methoxy groups -OCH3 is 2. The number of benzene rings is 3. The van der Waals surface area contributed by atoms with E-state index < -0.39 is 0 Å². The Hall–Kier alpha value is -2.69. The first-order valence-corrected chi connectivity index (χ1v) is 9.46. The number of nitrogens with one attached hydrogen (secondary N) is 1. The van der Waals surface area contributed by atoms with Gasteiger partial charge in [0.25, 0.3) is 0 Å². The largest absolute Gasteiger partial charge is 0.493 e. The van der Waals surface area contributed by atoms with Crippen LogP contribution in [0.4, 0.5) is 0 Å². The molecule has 5 heteroatoms. The van der Waals surface area contributed by atoms with E-state index in [0.29, 0.717) is 6.61 Å². The van der Waals surface area contributed by atoms with Gasteiger partial charge in [0.05, 0.1) is 14.2 Å². The van der Waals surface area contributed by atoms with Crippen LogP contribution in [-0.4, -0.2) is 20.8 Å². The van der Waals surface area contributed by atoms with Crippen molar-refractivity contribution in [2.24, 2.45) is 0 Å². The number of halogens is 1. The van der Waals surface area contributed by atoms with Crippen LogP contribution in [0.3, 0.4) is 0 Å². The molecule has 0 fully saturated rings. The number of hydrogen-bond donors (Lipinski definition) is 1. The molecule has 0 aliphatic rings. The molecule has 3 aromatic rings. The van der Waals surface area contributed by atoms with Gasteiger partial charge in [0.15, 0.2) is 11.5 Å². The molecule has 0 unspecified atom stereocenters. The van der Waals surface area contributed by atoms with Gasteiger partial charge in [-0.25, -0.2) is 0 Å².